The van der Waals surface area contributed by atoms with Crippen molar-refractivity contribution in [1.29, 1.82) is 0 Å². The Morgan fingerprint density at radius 2 is 2.14 bits per heavy atom. The molecule has 2 heterocycles. The molecule has 5 heteroatoms. The Balaban J connectivity index is 1.44. The average molecular weight is 381 g/mol. The van der Waals surface area contributed by atoms with Crippen molar-refractivity contribution < 1.29 is 4.79 Å². The second-order valence-corrected chi connectivity index (χ2v) is 7.66. The van der Waals surface area contributed by atoms with Crippen LogP contribution in [0.2, 0.25) is 0 Å². The van der Waals surface area contributed by atoms with Gasteiger partial charge < -0.3 is 15.1 Å². The van der Waals surface area contributed by atoms with Crippen LogP contribution in [-0.2, 0) is 6.54 Å². The molecule has 1 aliphatic heterocycles. The minimum Gasteiger partial charge on any atom is -0.337 e. The van der Waals surface area contributed by atoms with Gasteiger partial charge in [-0.05, 0) is 55.0 Å². The number of hydrogen-bond acceptors (Lipinski definition) is 3. The number of carbonyl (C=O) groups excluding carboxylic acids is 1. The number of aromatic nitrogens is 1. The van der Waals surface area contributed by atoms with Crippen molar-refractivity contribution in [2.75, 3.05) is 32.7 Å². The van der Waals surface area contributed by atoms with Crippen molar-refractivity contribution in [2.24, 2.45) is 0 Å². The molecule has 28 heavy (non-hydrogen) atoms. The number of nitrogens with one attached hydrogen (secondary N) is 1. The Kier molecular flexibility index (Phi) is 7.43. The van der Waals surface area contributed by atoms with Crippen LogP contribution in [0, 0.1) is 6.92 Å². The molecule has 0 spiro atoms. The Morgan fingerprint density at radius 3 is 2.89 bits per heavy atom. The number of hydrogen-bond donors (Lipinski definition) is 1. The first kappa shape index (κ1) is 20.3. The minimum atomic E-state index is 0.0142. The predicted octanol–water partition coefficient (Wildman–Crippen LogP) is 3.80. The summed E-state index contributed by atoms with van der Waals surface area (Å²) in [5.74, 6) is 0.610. The molecule has 1 aromatic heterocycles. The molecule has 2 amide bonds. The van der Waals surface area contributed by atoms with Gasteiger partial charge in [-0.2, -0.15) is 0 Å². The molecule has 1 aliphatic rings. The van der Waals surface area contributed by atoms with Gasteiger partial charge in [0.1, 0.15) is 0 Å². The molecule has 0 radical (unpaired) electrons. The molecular formula is C23H32N4O. The van der Waals surface area contributed by atoms with E-state index in [0.29, 0.717) is 19.0 Å². The van der Waals surface area contributed by atoms with Gasteiger partial charge in [0.05, 0.1) is 0 Å². The molecule has 1 fully saturated rings. The van der Waals surface area contributed by atoms with Crippen LogP contribution in [-0.4, -0.2) is 53.5 Å². The molecule has 1 aromatic carbocycles. The van der Waals surface area contributed by atoms with E-state index in [0.717, 1.165) is 38.2 Å². The number of rotatable bonds is 8. The summed E-state index contributed by atoms with van der Waals surface area (Å²) >= 11 is 0. The first-order valence-corrected chi connectivity index (χ1v) is 10.4. The number of carbonyl (C=O) groups is 1. The van der Waals surface area contributed by atoms with Crippen LogP contribution < -0.4 is 5.32 Å². The topological polar surface area (TPSA) is 48.5 Å². The Morgan fingerprint density at radius 1 is 1.29 bits per heavy atom. The number of pyridine rings is 1. The highest BCUT2D eigenvalue weighted by molar-refractivity contribution is 5.74. The number of nitrogens with zero attached hydrogens (tertiary/aromatic N) is 3. The van der Waals surface area contributed by atoms with Gasteiger partial charge in [-0.1, -0.05) is 37.3 Å². The molecular weight excluding hydrogens is 348 g/mol. The van der Waals surface area contributed by atoms with E-state index in [1.165, 1.54) is 17.5 Å². The van der Waals surface area contributed by atoms with E-state index in [9.17, 15) is 4.79 Å². The zero-order valence-corrected chi connectivity index (χ0v) is 17.1. The maximum Gasteiger partial charge on any atom is 0.317 e. The number of urea groups is 1. The lowest BCUT2D eigenvalue weighted by Gasteiger charge is -2.23. The zero-order valence-electron chi connectivity index (χ0n) is 17.1. The lowest BCUT2D eigenvalue weighted by molar-refractivity contribution is 0.193. The molecule has 1 saturated heterocycles. The van der Waals surface area contributed by atoms with Gasteiger partial charge in [-0.3, -0.25) is 4.98 Å². The maximum atomic E-state index is 12.6. The van der Waals surface area contributed by atoms with Gasteiger partial charge in [0, 0.05) is 45.1 Å². The third-order valence-electron chi connectivity index (χ3n) is 5.48. The largest absolute Gasteiger partial charge is 0.337 e. The fourth-order valence-corrected chi connectivity index (χ4v) is 4.00. The lowest BCUT2D eigenvalue weighted by atomic mass is 9.94. The first-order chi connectivity index (χ1) is 13.7. The second kappa shape index (κ2) is 10.2. The Bertz CT molecular complexity index is 749. The fraction of sp³-hybridized carbons (Fsp3) is 0.478. The molecule has 3 rings (SSSR count). The van der Waals surface area contributed by atoms with Crippen molar-refractivity contribution in [3.8, 4) is 0 Å². The third-order valence-corrected chi connectivity index (χ3v) is 5.48. The highest BCUT2D eigenvalue weighted by atomic mass is 16.2. The van der Waals surface area contributed by atoms with E-state index in [-0.39, 0.29) is 6.03 Å². The van der Waals surface area contributed by atoms with E-state index >= 15 is 0 Å². The lowest BCUT2D eigenvalue weighted by Crippen LogP contribution is -2.42. The number of aryl methyl sites for hydroxylation is 1. The van der Waals surface area contributed by atoms with Gasteiger partial charge in [-0.25, -0.2) is 4.79 Å². The fourth-order valence-electron chi connectivity index (χ4n) is 4.00. The van der Waals surface area contributed by atoms with Crippen LogP contribution in [0.4, 0.5) is 4.79 Å². The number of likely N-dealkylation sites (tertiary alicyclic amines) is 1. The normalized spacial score (nSPS) is 16.9. The summed E-state index contributed by atoms with van der Waals surface area (Å²) in [6.45, 7) is 9.42. The van der Waals surface area contributed by atoms with Gasteiger partial charge in [0.15, 0.2) is 0 Å². The van der Waals surface area contributed by atoms with Crippen molar-refractivity contribution in [2.45, 2.75) is 39.2 Å². The predicted molar refractivity (Wildman–Crippen MR) is 113 cm³/mol. The Hall–Kier alpha value is -2.40. The van der Waals surface area contributed by atoms with E-state index in [2.05, 4.69) is 53.3 Å². The highest BCUT2D eigenvalue weighted by Gasteiger charge is 2.24. The molecule has 150 valence electrons. The van der Waals surface area contributed by atoms with Gasteiger partial charge in [0.2, 0.25) is 0 Å². The van der Waals surface area contributed by atoms with E-state index in [1.54, 1.807) is 6.20 Å². The summed E-state index contributed by atoms with van der Waals surface area (Å²) < 4.78 is 0. The van der Waals surface area contributed by atoms with E-state index in [4.69, 9.17) is 0 Å². The summed E-state index contributed by atoms with van der Waals surface area (Å²) in [5.41, 5.74) is 3.92. The number of benzene rings is 1. The molecule has 2 aromatic rings. The van der Waals surface area contributed by atoms with Crippen molar-refractivity contribution in [3.05, 3.63) is 65.5 Å². The molecule has 5 nitrogen and oxygen atoms in total. The van der Waals surface area contributed by atoms with Crippen LogP contribution in [0.5, 0.6) is 0 Å². The van der Waals surface area contributed by atoms with Crippen LogP contribution in [0.25, 0.3) is 0 Å². The summed E-state index contributed by atoms with van der Waals surface area (Å²) in [6.07, 6.45) is 5.72. The van der Waals surface area contributed by atoms with Gasteiger partial charge >= 0.3 is 6.03 Å². The molecule has 1 N–H and O–H groups in total. The van der Waals surface area contributed by atoms with Crippen LogP contribution >= 0.6 is 0 Å². The monoisotopic (exact) mass is 380 g/mol. The molecule has 1 atom stereocenters. The molecule has 0 unspecified atom stereocenters. The zero-order chi connectivity index (χ0) is 19.8. The van der Waals surface area contributed by atoms with Gasteiger partial charge in [-0.15, -0.1) is 0 Å². The summed E-state index contributed by atoms with van der Waals surface area (Å²) in [6, 6.07) is 12.6. The smallest absolute Gasteiger partial charge is 0.317 e. The highest BCUT2D eigenvalue weighted by Crippen LogP contribution is 2.28. The molecule has 0 bridgehead atoms. The van der Waals surface area contributed by atoms with Crippen molar-refractivity contribution in [3.63, 3.8) is 0 Å². The SMILES string of the molecule is CCCN(Cc1cccnc1)C(=O)NCCN1CC[C@H](c2ccccc2C)C1. The standard InChI is InChI=1S/C23H32N4O/c1-3-13-27(17-20-8-6-11-24-16-20)23(28)25-12-15-26-14-10-21(18-26)22-9-5-4-7-19(22)2/h4-9,11,16,21H,3,10,12-15,17-18H2,1-2H3,(H,25,28)/t21-/m0/s1. The van der Waals surface area contributed by atoms with Crippen LogP contribution in [0.3, 0.4) is 0 Å². The van der Waals surface area contributed by atoms with Gasteiger partial charge in [0.25, 0.3) is 0 Å². The summed E-state index contributed by atoms with van der Waals surface area (Å²) in [4.78, 5) is 21.1. The molecule has 0 aliphatic carbocycles. The first-order valence-electron chi connectivity index (χ1n) is 10.4. The molecule has 0 saturated carbocycles. The Labute approximate surface area is 168 Å². The number of amides is 2. The van der Waals surface area contributed by atoms with Crippen molar-refractivity contribution >= 4 is 6.03 Å². The van der Waals surface area contributed by atoms with Crippen LogP contribution in [0.15, 0.2) is 48.8 Å². The van der Waals surface area contributed by atoms with E-state index < -0.39 is 0 Å². The summed E-state index contributed by atoms with van der Waals surface area (Å²) in [5, 5.41) is 3.11. The maximum absolute atomic E-state index is 12.6. The quantitative estimate of drug-likeness (QED) is 0.758. The minimum absolute atomic E-state index is 0.0142. The summed E-state index contributed by atoms with van der Waals surface area (Å²) in [7, 11) is 0. The van der Waals surface area contributed by atoms with E-state index in [1.807, 2.05) is 23.2 Å². The average Bonchev–Trinajstić information content (AvgIpc) is 3.17. The van der Waals surface area contributed by atoms with Crippen LogP contribution in [0.1, 0.15) is 42.4 Å². The van der Waals surface area contributed by atoms with Crippen molar-refractivity contribution in [1.82, 2.24) is 20.1 Å². The third kappa shape index (κ3) is 5.55. The second-order valence-electron chi connectivity index (χ2n) is 7.66.